The molecule has 0 saturated heterocycles. The van der Waals surface area contributed by atoms with Crippen LogP contribution in [0.15, 0.2) is 61.1 Å². The zero-order chi connectivity index (χ0) is 23.6. The van der Waals surface area contributed by atoms with Crippen LogP contribution in [-0.4, -0.2) is 26.5 Å². The number of benzene rings is 2. The lowest BCUT2D eigenvalue weighted by atomic mass is 10.1. The van der Waals surface area contributed by atoms with E-state index in [0.717, 1.165) is 11.3 Å². The number of pyridine rings is 1. The quantitative estimate of drug-likeness (QED) is 0.299. The van der Waals surface area contributed by atoms with Gasteiger partial charge in [0.2, 0.25) is 5.95 Å². The molecule has 2 aromatic heterocycles. The van der Waals surface area contributed by atoms with Gasteiger partial charge in [-0.15, -0.1) is 0 Å². The highest BCUT2D eigenvalue weighted by Crippen LogP contribution is 2.30. The molecule has 7 nitrogen and oxygen atoms in total. The lowest BCUT2D eigenvalue weighted by Gasteiger charge is -2.19. The van der Waals surface area contributed by atoms with Gasteiger partial charge >= 0.3 is 5.97 Å². The molecule has 2 aromatic carbocycles. The molecule has 8 heteroatoms. The summed E-state index contributed by atoms with van der Waals surface area (Å²) >= 11 is 0. The van der Waals surface area contributed by atoms with Gasteiger partial charge in [-0.25, -0.2) is 19.7 Å². The Balaban J connectivity index is 1.48. The molecule has 0 fully saturated rings. The van der Waals surface area contributed by atoms with Crippen LogP contribution in [0, 0.1) is 12.9 Å². The zero-order valence-electron chi connectivity index (χ0n) is 18.7. The number of carbonyl (C=O) groups is 1. The van der Waals surface area contributed by atoms with Crippen LogP contribution in [0.1, 0.15) is 36.7 Å². The highest BCUT2D eigenvalue weighted by atomic mass is 19.1. The van der Waals surface area contributed by atoms with E-state index in [0.29, 0.717) is 33.8 Å². The number of fused-ring (bicyclic) bond motifs is 1. The lowest BCUT2D eigenvalue weighted by Crippen LogP contribution is -2.23. The normalized spacial score (nSPS) is 11.3. The Morgan fingerprint density at radius 2 is 1.76 bits per heavy atom. The van der Waals surface area contributed by atoms with Crippen molar-refractivity contribution in [3.63, 3.8) is 0 Å². The number of ether oxygens (including phenoxy) is 2. The molecular weight excluding hydrogens is 423 g/mol. The summed E-state index contributed by atoms with van der Waals surface area (Å²) in [5.74, 6) is 0.753. The molecule has 4 rings (SSSR count). The molecule has 0 radical (unpaired) electrons. The Hall–Kier alpha value is -4.07. The maximum absolute atomic E-state index is 13.6. The van der Waals surface area contributed by atoms with Gasteiger partial charge < -0.3 is 14.8 Å². The molecule has 1 N–H and O–H groups in total. The van der Waals surface area contributed by atoms with Crippen LogP contribution in [-0.2, 0) is 4.74 Å². The first kappa shape index (κ1) is 22.1. The average Bonchev–Trinajstić information content (AvgIpc) is 2.75. The first-order valence-corrected chi connectivity index (χ1v) is 10.3. The standard InChI is InChI=1S/C25H23FN4O3/c1-15-11-17(30-23-19-12-22(26)27-13-20(19)28-14-29-23)7-10-21(15)32-18-8-5-16(6-9-18)24(31)33-25(2,3)4/h5-14H,1-4H3,(H,28,29,30). The number of hydrogen-bond donors (Lipinski definition) is 1. The smallest absolute Gasteiger partial charge is 0.338 e. The fourth-order valence-corrected chi connectivity index (χ4v) is 3.13. The number of rotatable bonds is 5. The van der Waals surface area contributed by atoms with E-state index in [4.69, 9.17) is 9.47 Å². The maximum Gasteiger partial charge on any atom is 0.338 e. The van der Waals surface area contributed by atoms with E-state index in [1.807, 2.05) is 45.9 Å². The second-order valence-electron chi connectivity index (χ2n) is 8.48. The number of esters is 1. The molecule has 168 valence electrons. The van der Waals surface area contributed by atoms with Crippen LogP contribution in [0.5, 0.6) is 11.5 Å². The van der Waals surface area contributed by atoms with Gasteiger partial charge in [-0.1, -0.05) is 0 Å². The Labute approximate surface area is 190 Å². The number of aromatic nitrogens is 3. The summed E-state index contributed by atoms with van der Waals surface area (Å²) in [6, 6.07) is 13.6. The Bertz CT molecular complexity index is 1320. The molecule has 0 atom stereocenters. The molecule has 2 heterocycles. The average molecular weight is 446 g/mol. The van der Waals surface area contributed by atoms with Crippen molar-refractivity contribution in [2.75, 3.05) is 5.32 Å². The first-order chi connectivity index (χ1) is 15.7. The predicted octanol–water partition coefficient (Wildman–Crippen LogP) is 5.96. The third kappa shape index (κ3) is 5.41. The topological polar surface area (TPSA) is 86.2 Å². The third-order valence-corrected chi connectivity index (χ3v) is 4.64. The summed E-state index contributed by atoms with van der Waals surface area (Å²) in [4.78, 5) is 24.1. The summed E-state index contributed by atoms with van der Waals surface area (Å²) in [5.41, 5.74) is 2.08. The highest BCUT2D eigenvalue weighted by Gasteiger charge is 2.18. The van der Waals surface area contributed by atoms with Gasteiger partial charge in [0, 0.05) is 17.1 Å². The number of hydrogen-bond acceptors (Lipinski definition) is 7. The number of aryl methyl sites for hydroxylation is 1. The number of nitrogens with one attached hydrogen (secondary N) is 1. The van der Waals surface area contributed by atoms with Gasteiger partial charge in [-0.05, 0) is 75.7 Å². The zero-order valence-corrected chi connectivity index (χ0v) is 18.7. The Morgan fingerprint density at radius 1 is 1.00 bits per heavy atom. The van der Waals surface area contributed by atoms with E-state index in [-0.39, 0.29) is 5.97 Å². The van der Waals surface area contributed by atoms with Crippen LogP contribution >= 0.6 is 0 Å². The van der Waals surface area contributed by atoms with Crippen molar-refractivity contribution in [3.05, 3.63) is 78.1 Å². The van der Waals surface area contributed by atoms with Crippen LogP contribution in [0.3, 0.4) is 0 Å². The van der Waals surface area contributed by atoms with E-state index in [9.17, 15) is 9.18 Å². The largest absolute Gasteiger partial charge is 0.457 e. The summed E-state index contributed by atoms with van der Waals surface area (Å²) < 4.78 is 24.9. The fraction of sp³-hybridized carbons (Fsp3) is 0.200. The van der Waals surface area contributed by atoms with Crippen LogP contribution < -0.4 is 10.1 Å². The van der Waals surface area contributed by atoms with Gasteiger partial charge in [-0.3, -0.25) is 0 Å². The van der Waals surface area contributed by atoms with Crippen molar-refractivity contribution >= 4 is 28.4 Å². The van der Waals surface area contributed by atoms with Crippen molar-refractivity contribution in [3.8, 4) is 11.5 Å². The molecule has 0 bridgehead atoms. The highest BCUT2D eigenvalue weighted by molar-refractivity contribution is 5.90. The van der Waals surface area contributed by atoms with Crippen LogP contribution in [0.2, 0.25) is 0 Å². The Kier molecular flexibility index (Phi) is 5.91. The van der Waals surface area contributed by atoms with Gasteiger partial charge in [0.05, 0.1) is 17.3 Å². The number of halogens is 1. The van der Waals surface area contributed by atoms with E-state index in [1.54, 1.807) is 24.3 Å². The van der Waals surface area contributed by atoms with Crippen molar-refractivity contribution < 1.29 is 18.7 Å². The predicted molar refractivity (Wildman–Crippen MR) is 123 cm³/mol. The van der Waals surface area contributed by atoms with E-state index < -0.39 is 11.5 Å². The van der Waals surface area contributed by atoms with Gasteiger partial charge in [0.25, 0.3) is 0 Å². The summed E-state index contributed by atoms with van der Waals surface area (Å²) in [5, 5.41) is 3.73. The Morgan fingerprint density at radius 3 is 2.45 bits per heavy atom. The molecule has 0 saturated carbocycles. The van der Waals surface area contributed by atoms with Gasteiger partial charge in [-0.2, -0.15) is 4.39 Å². The van der Waals surface area contributed by atoms with Crippen molar-refractivity contribution in [1.29, 1.82) is 0 Å². The minimum absolute atomic E-state index is 0.381. The summed E-state index contributed by atoms with van der Waals surface area (Å²) in [6.45, 7) is 7.39. The van der Waals surface area contributed by atoms with E-state index in [1.165, 1.54) is 18.6 Å². The third-order valence-electron chi connectivity index (χ3n) is 4.64. The molecule has 0 aliphatic heterocycles. The molecule has 4 aromatic rings. The second kappa shape index (κ2) is 8.82. The van der Waals surface area contributed by atoms with Crippen molar-refractivity contribution in [1.82, 2.24) is 15.0 Å². The van der Waals surface area contributed by atoms with Gasteiger partial charge in [0.1, 0.15) is 29.2 Å². The minimum Gasteiger partial charge on any atom is -0.457 e. The molecule has 33 heavy (non-hydrogen) atoms. The SMILES string of the molecule is Cc1cc(Nc2ncnc3cnc(F)cc23)ccc1Oc1ccc(C(=O)OC(C)(C)C)cc1. The maximum atomic E-state index is 13.6. The molecule has 0 unspecified atom stereocenters. The molecule has 0 amide bonds. The van der Waals surface area contributed by atoms with Crippen LogP contribution in [0.4, 0.5) is 15.9 Å². The first-order valence-electron chi connectivity index (χ1n) is 10.3. The lowest BCUT2D eigenvalue weighted by molar-refractivity contribution is 0.00695. The van der Waals surface area contributed by atoms with Gasteiger partial charge in [0.15, 0.2) is 0 Å². The van der Waals surface area contributed by atoms with E-state index in [2.05, 4.69) is 20.3 Å². The summed E-state index contributed by atoms with van der Waals surface area (Å²) in [7, 11) is 0. The monoisotopic (exact) mass is 446 g/mol. The number of carbonyl (C=O) groups excluding carboxylic acids is 1. The fourth-order valence-electron chi connectivity index (χ4n) is 3.13. The van der Waals surface area contributed by atoms with Crippen molar-refractivity contribution in [2.24, 2.45) is 0 Å². The summed E-state index contributed by atoms with van der Waals surface area (Å²) in [6.07, 6.45) is 2.77. The second-order valence-corrected chi connectivity index (χ2v) is 8.48. The minimum atomic E-state index is -0.599. The molecule has 0 spiro atoms. The van der Waals surface area contributed by atoms with E-state index >= 15 is 0 Å². The number of anilines is 2. The van der Waals surface area contributed by atoms with Crippen molar-refractivity contribution in [2.45, 2.75) is 33.3 Å². The van der Waals surface area contributed by atoms with Crippen LogP contribution in [0.25, 0.3) is 10.9 Å². The number of nitrogens with zero attached hydrogens (tertiary/aromatic N) is 3. The molecule has 0 aliphatic carbocycles. The molecular formula is C25H23FN4O3. The molecule has 0 aliphatic rings.